The Morgan fingerprint density at radius 2 is 2.41 bits per heavy atom. The molecule has 0 saturated carbocycles. The minimum atomic E-state index is 0.0130. The first-order valence-electron chi connectivity index (χ1n) is 6.15. The molecule has 0 radical (unpaired) electrons. The predicted molar refractivity (Wildman–Crippen MR) is 68.2 cm³/mol. The fourth-order valence-corrected chi connectivity index (χ4v) is 2.52. The molecule has 0 aliphatic carbocycles. The first-order chi connectivity index (χ1) is 8.22. The molecule has 1 fully saturated rings. The van der Waals surface area contributed by atoms with E-state index in [0.29, 0.717) is 16.8 Å². The molecule has 1 aromatic heterocycles. The van der Waals surface area contributed by atoms with Gasteiger partial charge in [-0.3, -0.25) is 9.78 Å². The summed E-state index contributed by atoms with van der Waals surface area (Å²) in [5.74, 6) is 0.0130. The van der Waals surface area contributed by atoms with E-state index in [1.807, 2.05) is 4.90 Å². The second-order valence-electron chi connectivity index (χ2n) is 4.42. The smallest absolute Gasteiger partial charge is 0.272 e. The molecule has 2 rings (SSSR count). The van der Waals surface area contributed by atoms with Gasteiger partial charge in [0, 0.05) is 23.8 Å². The average molecular weight is 253 g/mol. The topological polar surface area (TPSA) is 33.2 Å². The van der Waals surface area contributed by atoms with Gasteiger partial charge in [0.15, 0.2) is 0 Å². The van der Waals surface area contributed by atoms with Crippen LogP contribution >= 0.6 is 11.6 Å². The molecule has 4 heteroatoms. The van der Waals surface area contributed by atoms with Crippen molar-refractivity contribution >= 4 is 17.5 Å². The summed E-state index contributed by atoms with van der Waals surface area (Å²) in [4.78, 5) is 18.4. The highest BCUT2D eigenvalue weighted by Gasteiger charge is 2.26. The third-order valence-corrected chi connectivity index (χ3v) is 3.54. The lowest BCUT2D eigenvalue weighted by atomic mass is 9.99. The largest absolute Gasteiger partial charge is 0.334 e. The van der Waals surface area contributed by atoms with Crippen molar-refractivity contribution in [2.24, 2.45) is 0 Å². The van der Waals surface area contributed by atoms with Crippen molar-refractivity contribution in [1.29, 1.82) is 0 Å². The first kappa shape index (κ1) is 12.4. The van der Waals surface area contributed by atoms with E-state index < -0.39 is 0 Å². The molecule has 2 heterocycles. The Bertz CT molecular complexity index is 408. The van der Waals surface area contributed by atoms with Crippen LogP contribution in [0.5, 0.6) is 0 Å². The Morgan fingerprint density at radius 3 is 3.12 bits per heavy atom. The van der Waals surface area contributed by atoms with E-state index in [-0.39, 0.29) is 5.91 Å². The Hall–Kier alpha value is -1.09. The Balaban J connectivity index is 2.18. The van der Waals surface area contributed by atoms with Crippen LogP contribution in [0.15, 0.2) is 18.3 Å². The zero-order valence-electron chi connectivity index (χ0n) is 10.0. The molecule has 0 bridgehead atoms. The molecule has 17 heavy (non-hydrogen) atoms. The third-order valence-electron chi connectivity index (χ3n) is 3.30. The maximum absolute atomic E-state index is 12.3. The zero-order valence-corrected chi connectivity index (χ0v) is 10.8. The normalized spacial score (nSPS) is 20.4. The molecule has 1 unspecified atom stereocenters. The highest BCUT2D eigenvalue weighted by Crippen LogP contribution is 2.21. The van der Waals surface area contributed by atoms with Gasteiger partial charge in [0.25, 0.3) is 5.91 Å². The standard InChI is InChI=1S/C13H17ClN2O/c1-2-11-5-3-4-8-16(11)13(17)12-9-10(14)6-7-15-12/h6-7,9,11H,2-5,8H2,1H3. The van der Waals surface area contributed by atoms with Crippen molar-refractivity contribution < 1.29 is 4.79 Å². The van der Waals surface area contributed by atoms with Crippen LogP contribution in [-0.2, 0) is 0 Å². The van der Waals surface area contributed by atoms with Crippen molar-refractivity contribution in [3.8, 4) is 0 Å². The van der Waals surface area contributed by atoms with Gasteiger partial charge in [0.05, 0.1) is 0 Å². The highest BCUT2D eigenvalue weighted by molar-refractivity contribution is 6.30. The number of rotatable bonds is 2. The SMILES string of the molecule is CCC1CCCCN1C(=O)c1cc(Cl)ccn1. The lowest BCUT2D eigenvalue weighted by molar-refractivity contribution is 0.0602. The number of piperidine rings is 1. The van der Waals surface area contributed by atoms with E-state index in [0.717, 1.165) is 25.8 Å². The van der Waals surface area contributed by atoms with Gasteiger partial charge in [-0.05, 0) is 37.8 Å². The molecule has 1 amide bonds. The summed E-state index contributed by atoms with van der Waals surface area (Å²) in [5, 5.41) is 0.563. The number of hydrogen-bond donors (Lipinski definition) is 0. The summed E-state index contributed by atoms with van der Waals surface area (Å²) in [5.41, 5.74) is 0.456. The van der Waals surface area contributed by atoms with Crippen LogP contribution in [0.4, 0.5) is 0 Å². The molecule has 0 N–H and O–H groups in total. The maximum atomic E-state index is 12.3. The minimum Gasteiger partial charge on any atom is -0.334 e. The van der Waals surface area contributed by atoms with Gasteiger partial charge in [-0.1, -0.05) is 18.5 Å². The summed E-state index contributed by atoms with van der Waals surface area (Å²) in [7, 11) is 0. The molecular formula is C13H17ClN2O. The molecule has 0 spiro atoms. The van der Waals surface area contributed by atoms with Crippen LogP contribution < -0.4 is 0 Å². The van der Waals surface area contributed by atoms with E-state index in [9.17, 15) is 4.79 Å². The van der Waals surface area contributed by atoms with Crippen LogP contribution in [0.3, 0.4) is 0 Å². The molecule has 1 atom stereocenters. The summed E-state index contributed by atoms with van der Waals surface area (Å²) < 4.78 is 0. The lowest BCUT2D eigenvalue weighted by Crippen LogP contribution is -2.43. The Labute approximate surface area is 107 Å². The second-order valence-corrected chi connectivity index (χ2v) is 4.85. The number of aromatic nitrogens is 1. The second kappa shape index (κ2) is 5.50. The number of pyridine rings is 1. The Morgan fingerprint density at radius 1 is 1.59 bits per heavy atom. The number of halogens is 1. The fraction of sp³-hybridized carbons (Fsp3) is 0.538. The van der Waals surface area contributed by atoms with Crippen molar-refractivity contribution in [2.75, 3.05) is 6.54 Å². The maximum Gasteiger partial charge on any atom is 0.272 e. The van der Waals surface area contributed by atoms with E-state index in [4.69, 9.17) is 11.6 Å². The van der Waals surface area contributed by atoms with Gasteiger partial charge in [0.1, 0.15) is 5.69 Å². The lowest BCUT2D eigenvalue weighted by Gasteiger charge is -2.35. The van der Waals surface area contributed by atoms with Crippen LogP contribution in [0.25, 0.3) is 0 Å². The molecule has 3 nitrogen and oxygen atoms in total. The molecular weight excluding hydrogens is 236 g/mol. The van der Waals surface area contributed by atoms with Crippen LogP contribution in [0.2, 0.25) is 5.02 Å². The third kappa shape index (κ3) is 2.78. The highest BCUT2D eigenvalue weighted by atomic mass is 35.5. The van der Waals surface area contributed by atoms with E-state index in [2.05, 4.69) is 11.9 Å². The molecule has 1 saturated heterocycles. The quantitative estimate of drug-likeness (QED) is 0.810. The number of nitrogens with zero attached hydrogens (tertiary/aromatic N) is 2. The summed E-state index contributed by atoms with van der Waals surface area (Å²) in [6.45, 7) is 2.97. The number of hydrogen-bond acceptors (Lipinski definition) is 2. The molecule has 92 valence electrons. The first-order valence-corrected chi connectivity index (χ1v) is 6.52. The summed E-state index contributed by atoms with van der Waals surface area (Å²) in [6.07, 6.45) is 5.99. The van der Waals surface area contributed by atoms with Crippen molar-refractivity contribution in [3.05, 3.63) is 29.0 Å². The zero-order chi connectivity index (χ0) is 12.3. The van der Waals surface area contributed by atoms with Crippen molar-refractivity contribution in [2.45, 2.75) is 38.6 Å². The Kier molecular flexibility index (Phi) is 4.00. The van der Waals surface area contributed by atoms with Gasteiger partial charge in [-0.25, -0.2) is 0 Å². The van der Waals surface area contributed by atoms with Crippen LogP contribution in [-0.4, -0.2) is 28.4 Å². The fourth-order valence-electron chi connectivity index (χ4n) is 2.36. The van der Waals surface area contributed by atoms with Gasteiger partial charge in [0.2, 0.25) is 0 Å². The predicted octanol–water partition coefficient (Wildman–Crippen LogP) is 3.14. The van der Waals surface area contributed by atoms with Gasteiger partial charge < -0.3 is 4.90 Å². The van der Waals surface area contributed by atoms with Gasteiger partial charge in [-0.15, -0.1) is 0 Å². The number of carbonyl (C=O) groups excluding carboxylic acids is 1. The summed E-state index contributed by atoms with van der Waals surface area (Å²) in [6, 6.07) is 3.69. The molecule has 1 aliphatic rings. The van der Waals surface area contributed by atoms with Crippen LogP contribution in [0.1, 0.15) is 43.1 Å². The van der Waals surface area contributed by atoms with Gasteiger partial charge >= 0.3 is 0 Å². The molecule has 0 aromatic carbocycles. The van der Waals surface area contributed by atoms with E-state index in [1.54, 1.807) is 18.3 Å². The number of likely N-dealkylation sites (tertiary alicyclic amines) is 1. The number of carbonyl (C=O) groups is 1. The van der Waals surface area contributed by atoms with Gasteiger partial charge in [-0.2, -0.15) is 0 Å². The number of amides is 1. The van der Waals surface area contributed by atoms with Crippen LogP contribution in [0, 0.1) is 0 Å². The average Bonchev–Trinajstić information content (AvgIpc) is 2.38. The van der Waals surface area contributed by atoms with Crippen molar-refractivity contribution in [3.63, 3.8) is 0 Å². The van der Waals surface area contributed by atoms with E-state index in [1.165, 1.54) is 6.42 Å². The summed E-state index contributed by atoms with van der Waals surface area (Å²) >= 11 is 5.89. The molecule has 1 aromatic rings. The minimum absolute atomic E-state index is 0.0130. The van der Waals surface area contributed by atoms with E-state index >= 15 is 0 Å². The molecule has 1 aliphatic heterocycles. The van der Waals surface area contributed by atoms with Crippen molar-refractivity contribution in [1.82, 2.24) is 9.88 Å². The monoisotopic (exact) mass is 252 g/mol.